The first-order chi connectivity index (χ1) is 9.05. The average molecular weight is 264 g/mol. The molecule has 3 amide bonds. The van der Waals surface area contributed by atoms with Gasteiger partial charge in [-0.2, -0.15) is 4.57 Å². The molecule has 0 unspecified atom stereocenters. The zero-order valence-electron chi connectivity index (χ0n) is 11.8. The Bertz CT molecular complexity index is 429. The lowest BCUT2D eigenvalue weighted by atomic mass is 10.2. The molecular weight excluding hydrogens is 242 g/mol. The molecule has 5 heteroatoms. The first-order valence-electron chi connectivity index (χ1n) is 6.63. The summed E-state index contributed by atoms with van der Waals surface area (Å²) in [7, 11) is 0. The molecule has 0 saturated heterocycles. The minimum atomic E-state index is -0.440. The number of hydrogen-bond acceptors (Lipinski definition) is 2. The fourth-order valence-corrected chi connectivity index (χ4v) is 1.52. The van der Waals surface area contributed by atoms with Crippen molar-refractivity contribution in [2.75, 3.05) is 0 Å². The van der Waals surface area contributed by atoms with Crippen molar-refractivity contribution in [3.05, 3.63) is 30.1 Å². The summed E-state index contributed by atoms with van der Waals surface area (Å²) in [5.41, 5.74) is 1.21. The number of pyridine rings is 1. The van der Waals surface area contributed by atoms with Crippen LogP contribution < -0.4 is 15.2 Å². The normalized spacial score (nSPS) is 11.7. The zero-order valence-corrected chi connectivity index (χ0v) is 11.8. The number of nitrogens with zero attached hydrogens (tertiary/aromatic N) is 1. The standard InChI is InChI=1S/C14H21N3O2/c1-4-11(3)15-14(19)16-13(18)10-17-8-6-12(5-2)7-9-17/h6-9,11H,4-5,10H2,1-3H3,(H-,15,16,18,19)/p+1/t11-/m1/s1. The molecule has 0 aliphatic heterocycles. The number of amides is 3. The topological polar surface area (TPSA) is 62.1 Å². The Kier molecular flexibility index (Phi) is 5.99. The van der Waals surface area contributed by atoms with Gasteiger partial charge >= 0.3 is 6.03 Å². The maximum atomic E-state index is 11.7. The summed E-state index contributed by atoms with van der Waals surface area (Å²) < 4.78 is 1.74. The van der Waals surface area contributed by atoms with E-state index >= 15 is 0 Å². The summed E-state index contributed by atoms with van der Waals surface area (Å²) in [6, 6.07) is 3.55. The largest absolute Gasteiger partial charge is 0.335 e. The molecule has 0 fully saturated rings. The van der Waals surface area contributed by atoms with E-state index in [0.717, 1.165) is 12.8 Å². The summed E-state index contributed by atoms with van der Waals surface area (Å²) >= 11 is 0. The van der Waals surface area contributed by atoms with E-state index in [0.29, 0.717) is 0 Å². The lowest BCUT2D eigenvalue weighted by Gasteiger charge is -2.10. The van der Waals surface area contributed by atoms with Crippen LogP contribution in [0.4, 0.5) is 4.79 Å². The van der Waals surface area contributed by atoms with Crippen molar-refractivity contribution in [1.29, 1.82) is 0 Å². The van der Waals surface area contributed by atoms with Crippen LogP contribution in [0, 0.1) is 0 Å². The highest BCUT2D eigenvalue weighted by molar-refractivity contribution is 5.93. The summed E-state index contributed by atoms with van der Waals surface area (Å²) in [4.78, 5) is 23.1. The Labute approximate surface area is 114 Å². The fourth-order valence-electron chi connectivity index (χ4n) is 1.52. The van der Waals surface area contributed by atoms with Gasteiger partial charge < -0.3 is 5.32 Å². The Morgan fingerprint density at radius 3 is 2.42 bits per heavy atom. The number of aryl methyl sites for hydroxylation is 1. The van der Waals surface area contributed by atoms with Crippen LogP contribution in [0.2, 0.25) is 0 Å². The minimum Gasteiger partial charge on any atom is -0.335 e. The predicted octanol–water partition coefficient (Wildman–Crippen LogP) is 1.16. The van der Waals surface area contributed by atoms with Crippen LogP contribution >= 0.6 is 0 Å². The van der Waals surface area contributed by atoms with Crippen molar-refractivity contribution in [1.82, 2.24) is 10.6 Å². The second kappa shape index (κ2) is 7.51. The van der Waals surface area contributed by atoms with Crippen LogP contribution in [0.25, 0.3) is 0 Å². The second-order valence-electron chi connectivity index (χ2n) is 4.56. The first-order valence-corrected chi connectivity index (χ1v) is 6.63. The maximum Gasteiger partial charge on any atom is 0.321 e. The van der Waals surface area contributed by atoms with E-state index in [1.807, 2.05) is 38.4 Å². The molecule has 1 aromatic rings. The molecule has 0 aliphatic rings. The maximum absolute atomic E-state index is 11.7. The Balaban J connectivity index is 2.43. The van der Waals surface area contributed by atoms with E-state index in [4.69, 9.17) is 0 Å². The number of imide groups is 1. The third kappa shape index (κ3) is 5.50. The molecular formula is C14H22N3O2+. The molecule has 1 atom stereocenters. The van der Waals surface area contributed by atoms with Crippen LogP contribution in [0.15, 0.2) is 24.5 Å². The number of nitrogens with one attached hydrogen (secondary N) is 2. The highest BCUT2D eigenvalue weighted by atomic mass is 16.2. The van der Waals surface area contributed by atoms with Gasteiger partial charge in [0.1, 0.15) is 0 Å². The van der Waals surface area contributed by atoms with Crippen LogP contribution in [0.3, 0.4) is 0 Å². The average Bonchev–Trinajstić information content (AvgIpc) is 2.39. The van der Waals surface area contributed by atoms with Crippen molar-refractivity contribution in [3.63, 3.8) is 0 Å². The SMILES string of the molecule is CCc1cc[n+](CC(=O)NC(=O)N[C@H](C)CC)cc1. The van der Waals surface area contributed by atoms with E-state index in [9.17, 15) is 9.59 Å². The van der Waals surface area contributed by atoms with Crippen molar-refractivity contribution in [3.8, 4) is 0 Å². The molecule has 19 heavy (non-hydrogen) atoms. The van der Waals surface area contributed by atoms with E-state index in [-0.39, 0.29) is 18.5 Å². The Morgan fingerprint density at radius 1 is 1.26 bits per heavy atom. The van der Waals surface area contributed by atoms with Gasteiger partial charge in [-0.1, -0.05) is 13.8 Å². The summed E-state index contributed by atoms with van der Waals surface area (Å²) in [6.45, 7) is 6.07. The van der Waals surface area contributed by atoms with E-state index < -0.39 is 6.03 Å². The van der Waals surface area contributed by atoms with Crippen molar-refractivity contribution >= 4 is 11.9 Å². The second-order valence-corrected chi connectivity index (χ2v) is 4.56. The molecule has 1 rings (SSSR count). The van der Waals surface area contributed by atoms with Gasteiger partial charge in [-0.3, -0.25) is 10.1 Å². The Morgan fingerprint density at radius 2 is 1.89 bits per heavy atom. The minimum absolute atomic E-state index is 0.0595. The molecule has 0 spiro atoms. The molecule has 0 aliphatic carbocycles. The van der Waals surface area contributed by atoms with Crippen LogP contribution in [0.5, 0.6) is 0 Å². The van der Waals surface area contributed by atoms with Gasteiger partial charge in [-0.05, 0) is 25.3 Å². The predicted molar refractivity (Wildman–Crippen MR) is 72.4 cm³/mol. The highest BCUT2D eigenvalue weighted by Gasteiger charge is 2.13. The zero-order chi connectivity index (χ0) is 14.3. The van der Waals surface area contributed by atoms with Gasteiger partial charge in [0, 0.05) is 18.2 Å². The molecule has 1 heterocycles. The van der Waals surface area contributed by atoms with E-state index in [1.165, 1.54) is 5.56 Å². The van der Waals surface area contributed by atoms with Gasteiger partial charge in [0.05, 0.1) is 0 Å². The first kappa shape index (κ1) is 15.1. The molecule has 5 nitrogen and oxygen atoms in total. The highest BCUT2D eigenvalue weighted by Crippen LogP contribution is 1.94. The lowest BCUT2D eigenvalue weighted by Crippen LogP contribution is -2.48. The van der Waals surface area contributed by atoms with Gasteiger partial charge in [0.25, 0.3) is 5.91 Å². The number of urea groups is 1. The Hall–Kier alpha value is -1.91. The summed E-state index contributed by atoms with van der Waals surface area (Å²) in [6.07, 6.45) is 5.47. The van der Waals surface area contributed by atoms with Gasteiger partial charge in [0.2, 0.25) is 6.54 Å². The van der Waals surface area contributed by atoms with Crippen molar-refractivity contribution < 1.29 is 14.2 Å². The third-order valence-corrected chi connectivity index (χ3v) is 2.94. The molecule has 0 aromatic carbocycles. The fraction of sp³-hybridized carbons (Fsp3) is 0.500. The van der Waals surface area contributed by atoms with E-state index in [1.54, 1.807) is 4.57 Å². The summed E-state index contributed by atoms with van der Waals surface area (Å²) in [5.74, 6) is -0.324. The molecule has 1 aromatic heterocycles. The third-order valence-electron chi connectivity index (χ3n) is 2.94. The number of carbonyl (C=O) groups excluding carboxylic acids is 2. The monoisotopic (exact) mass is 264 g/mol. The van der Waals surface area contributed by atoms with Gasteiger partial charge in [-0.25, -0.2) is 4.79 Å². The number of carbonyl (C=O) groups is 2. The number of aromatic nitrogens is 1. The number of rotatable bonds is 5. The molecule has 2 N–H and O–H groups in total. The van der Waals surface area contributed by atoms with Gasteiger partial charge in [0.15, 0.2) is 12.4 Å². The smallest absolute Gasteiger partial charge is 0.321 e. The van der Waals surface area contributed by atoms with Crippen LogP contribution in [0.1, 0.15) is 32.8 Å². The molecule has 0 radical (unpaired) electrons. The van der Waals surface area contributed by atoms with Crippen LogP contribution in [-0.2, 0) is 17.8 Å². The van der Waals surface area contributed by atoms with Crippen molar-refractivity contribution in [2.24, 2.45) is 0 Å². The summed E-state index contributed by atoms with van der Waals surface area (Å²) in [5, 5.41) is 5.00. The van der Waals surface area contributed by atoms with Gasteiger partial charge in [-0.15, -0.1) is 0 Å². The van der Waals surface area contributed by atoms with Crippen LogP contribution in [-0.4, -0.2) is 18.0 Å². The lowest BCUT2D eigenvalue weighted by molar-refractivity contribution is -0.684. The number of hydrogen-bond donors (Lipinski definition) is 2. The molecule has 0 bridgehead atoms. The van der Waals surface area contributed by atoms with Crippen molar-refractivity contribution in [2.45, 2.75) is 46.2 Å². The molecule has 0 saturated carbocycles. The molecule has 104 valence electrons. The van der Waals surface area contributed by atoms with E-state index in [2.05, 4.69) is 17.6 Å². The quantitative estimate of drug-likeness (QED) is 0.784.